The number of hydrogen-bond acceptors (Lipinski definition) is 3. The van der Waals surface area contributed by atoms with Crippen molar-refractivity contribution in [3.05, 3.63) is 176 Å². The average Bonchev–Trinajstić information content (AvgIpc) is 3.98. The topological polar surface area (TPSA) is 26.3 Å². The van der Waals surface area contributed by atoms with Crippen molar-refractivity contribution in [2.24, 2.45) is 0 Å². The fraction of sp³-hybridized carbons (Fsp3) is 0.0204. The van der Waals surface area contributed by atoms with Crippen molar-refractivity contribution < 1.29 is 8.83 Å². The normalized spacial score (nSPS) is 11.9. The van der Waals surface area contributed by atoms with E-state index in [0.717, 1.165) is 11.1 Å². The van der Waals surface area contributed by atoms with Crippen LogP contribution in [0.1, 0.15) is 11.1 Å². The number of fused-ring (bicyclic) bond motifs is 6. The molecule has 7 aromatic carbocycles. The van der Waals surface area contributed by atoms with E-state index in [1.54, 1.807) is 12.5 Å². The lowest BCUT2D eigenvalue weighted by Gasteiger charge is -2.19. The van der Waals surface area contributed by atoms with Gasteiger partial charge in [-0.15, -0.1) is 11.3 Å². The Kier molecular flexibility index (Phi) is 7.09. The molecule has 10 rings (SSSR count). The van der Waals surface area contributed by atoms with Gasteiger partial charge in [0, 0.05) is 48.0 Å². The first-order valence-corrected chi connectivity index (χ1v) is 18.3. The second-order valence-electron chi connectivity index (χ2n) is 13.3. The molecule has 3 heterocycles. The summed E-state index contributed by atoms with van der Waals surface area (Å²) in [6.07, 6.45) is 13.3. The van der Waals surface area contributed by atoms with Crippen LogP contribution in [0.15, 0.2) is 174 Å². The average molecular weight is 685 g/mol. The Morgan fingerprint density at radius 1 is 0.519 bits per heavy atom. The van der Waals surface area contributed by atoms with Gasteiger partial charge in [-0.2, -0.15) is 0 Å². The Balaban J connectivity index is 1.24. The summed E-state index contributed by atoms with van der Waals surface area (Å²) in [5.41, 5.74) is 11.9. The molecule has 0 bridgehead atoms. The molecule has 0 spiro atoms. The van der Waals surface area contributed by atoms with Crippen molar-refractivity contribution in [1.82, 2.24) is 0 Å². The molecule has 246 valence electrons. The largest absolute Gasteiger partial charge is 0.472 e. The first-order valence-electron chi connectivity index (χ1n) is 17.5. The zero-order valence-electron chi connectivity index (χ0n) is 28.5. The monoisotopic (exact) mass is 684 g/mol. The minimum atomic E-state index is 1.07. The summed E-state index contributed by atoms with van der Waals surface area (Å²) in [6.45, 7) is 6.23. The van der Waals surface area contributed by atoms with Gasteiger partial charge in [-0.25, -0.2) is 0 Å². The van der Waals surface area contributed by atoms with Gasteiger partial charge in [-0.1, -0.05) is 122 Å². The molecule has 3 aromatic heterocycles. The van der Waals surface area contributed by atoms with Crippen LogP contribution in [0.2, 0.25) is 0 Å². The second kappa shape index (κ2) is 12.1. The lowest BCUT2D eigenvalue weighted by molar-refractivity contribution is 0.568. The number of rotatable bonds is 6. The molecule has 52 heavy (non-hydrogen) atoms. The first-order chi connectivity index (χ1) is 25.7. The molecule has 0 aliphatic heterocycles. The summed E-state index contributed by atoms with van der Waals surface area (Å²) >= 11 is 1.88. The maximum absolute atomic E-state index is 5.59. The van der Waals surface area contributed by atoms with Crippen molar-refractivity contribution in [3.63, 3.8) is 0 Å². The highest BCUT2D eigenvalue weighted by Crippen LogP contribution is 2.49. The van der Waals surface area contributed by atoms with Crippen LogP contribution in [0.25, 0.3) is 103 Å². The summed E-state index contributed by atoms with van der Waals surface area (Å²) in [5, 5.41) is 9.88. The molecule has 0 atom stereocenters. The zero-order chi connectivity index (χ0) is 34.8. The fourth-order valence-corrected chi connectivity index (χ4v) is 9.54. The van der Waals surface area contributed by atoms with Crippen molar-refractivity contribution in [2.45, 2.75) is 6.92 Å². The molecule has 0 aliphatic carbocycles. The molecule has 0 saturated heterocycles. The van der Waals surface area contributed by atoms with Crippen LogP contribution < -0.4 is 0 Å². The third-order valence-electron chi connectivity index (χ3n) is 10.5. The van der Waals surface area contributed by atoms with E-state index in [0.29, 0.717) is 0 Å². The summed E-state index contributed by atoms with van der Waals surface area (Å²) in [6, 6.07) is 44.3. The summed E-state index contributed by atoms with van der Waals surface area (Å²) in [5.74, 6) is 0. The highest BCUT2D eigenvalue weighted by molar-refractivity contribution is 7.26. The molecule has 0 aliphatic rings. The van der Waals surface area contributed by atoms with Gasteiger partial charge in [0.05, 0.1) is 25.1 Å². The molecule has 2 nitrogen and oxygen atoms in total. The predicted octanol–water partition coefficient (Wildman–Crippen LogP) is 14.9. The maximum atomic E-state index is 5.59. The van der Waals surface area contributed by atoms with Crippen LogP contribution in [-0.2, 0) is 0 Å². The van der Waals surface area contributed by atoms with E-state index >= 15 is 0 Å². The Labute approximate surface area is 305 Å². The number of thiophene rings is 1. The van der Waals surface area contributed by atoms with E-state index in [1.807, 2.05) is 42.1 Å². The molecule has 0 unspecified atom stereocenters. The predicted molar refractivity (Wildman–Crippen MR) is 222 cm³/mol. The summed E-state index contributed by atoms with van der Waals surface area (Å²) in [4.78, 5) is 0. The van der Waals surface area contributed by atoms with E-state index in [-0.39, 0.29) is 0 Å². The first kappa shape index (κ1) is 30.4. The van der Waals surface area contributed by atoms with Crippen LogP contribution in [0.5, 0.6) is 0 Å². The van der Waals surface area contributed by atoms with Gasteiger partial charge in [-0.3, -0.25) is 0 Å². The lowest BCUT2D eigenvalue weighted by atomic mass is 9.84. The quantitative estimate of drug-likeness (QED) is 0.129. The van der Waals surface area contributed by atoms with E-state index in [1.165, 1.54) is 97.0 Å². The third kappa shape index (κ3) is 4.56. The van der Waals surface area contributed by atoms with Crippen molar-refractivity contribution >= 4 is 69.9 Å². The van der Waals surface area contributed by atoms with Crippen LogP contribution >= 0.6 is 11.3 Å². The Hall–Kier alpha value is -6.42. The number of benzene rings is 7. The molecule has 0 fully saturated rings. The molecule has 10 aromatic rings. The lowest BCUT2D eigenvalue weighted by Crippen LogP contribution is -1.95. The highest BCUT2D eigenvalue weighted by Gasteiger charge is 2.22. The molecule has 0 saturated carbocycles. The summed E-state index contributed by atoms with van der Waals surface area (Å²) in [7, 11) is 0. The van der Waals surface area contributed by atoms with Gasteiger partial charge < -0.3 is 8.83 Å². The maximum Gasteiger partial charge on any atom is 0.0981 e. The van der Waals surface area contributed by atoms with Crippen molar-refractivity contribution in [1.29, 1.82) is 0 Å². The van der Waals surface area contributed by atoms with Gasteiger partial charge in [0.15, 0.2) is 0 Å². The van der Waals surface area contributed by atoms with E-state index < -0.39 is 0 Å². The van der Waals surface area contributed by atoms with E-state index in [2.05, 4.69) is 135 Å². The van der Waals surface area contributed by atoms with Crippen molar-refractivity contribution in [2.75, 3.05) is 0 Å². The van der Waals surface area contributed by atoms with Crippen molar-refractivity contribution in [3.8, 4) is 44.5 Å². The molecular weight excluding hydrogens is 653 g/mol. The van der Waals surface area contributed by atoms with Crippen LogP contribution in [-0.4, -0.2) is 0 Å². The molecule has 0 radical (unpaired) electrons. The minimum absolute atomic E-state index is 1.07. The van der Waals surface area contributed by atoms with Crippen LogP contribution in [0.4, 0.5) is 0 Å². The highest BCUT2D eigenvalue weighted by atomic mass is 32.1. The third-order valence-corrected chi connectivity index (χ3v) is 11.7. The van der Waals surface area contributed by atoms with Crippen LogP contribution in [0.3, 0.4) is 0 Å². The molecule has 0 N–H and O–H groups in total. The van der Waals surface area contributed by atoms with Gasteiger partial charge >= 0.3 is 0 Å². The van der Waals surface area contributed by atoms with E-state index in [4.69, 9.17) is 8.83 Å². The smallest absolute Gasteiger partial charge is 0.0981 e. The molecular formula is C49H32O2S. The summed E-state index contributed by atoms with van der Waals surface area (Å²) < 4.78 is 13.7. The number of hydrogen-bond donors (Lipinski definition) is 0. The van der Waals surface area contributed by atoms with Crippen LogP contribution in [0, 0.1) is 6.92 Å². The minimum Gasteiger partial charge on any atom is -0.472 e. The van der Waals surface area contributed by atoms with Gasteiger partial charge in [0.25, 0.3) is 0 Å². The number of allylic oxidation sites excluding steroid dienone is 2. The van der Waals surface area contributed by atoms with Gasteiger partial charge in [0.2, 0.25) is 0 Å². The Morgan fingerprint density at radius 3 is 1.63 bits per heavy atom. The standard InChI is InChI=1S/C49H32O2S/c1-3-4-12-34-30(2)45(35-13-5-6-14-36(35)47(34)32-23-25-50-28-32)42-20-11-19-41-43-27-31(21-22-44(43)52-49(41)42)46-37-15-7-9-17-39(37)48(33-24-26-51-29-33)40-18-10-8-16-38(40)46/h3-29H,1H2,2H3/b12-4-. The second-order valence-corrected chi connectivity index (χ2v) is 14.3. The number of furan rings is 2. The SMILES string of the molecule is C=C/C=C\c1c(C)c(-c2cccc3c2sc2ccc(-c4c5ccccc5c(-c5ccoc5)c5ccccc45)cc23)c2ccccc2c1-c1ccoc1. The van der Waals surface area contributed by atoms with Gasteiger partial charge in [0.1, 0.15) is 0 Å². The zero-order valence-corrected chi connectivity index (χ0v) is 29.3. The van der Waals surface area contributed by atoms with Gasteiger partial charge in [-0.05, 0) is 91.3 Å². The molecule has 0 amide bonds. The Bertz CT molecular complexity index is 2970. The van der Waals surface area contributed by atoms with E-state index in [9.17, 15) is 0 Å². The molecule has 3 heteroatoms. The fourth-order valence-electron chi connectivity index (χ4n) is 8.33. The Morgan fingerprint density at radius 2 is 1.06 bits per heavy atom.